The summed E-state index contributed by atoms with van der Waals surface area (Å²) in [6.07, 6.45) is 2.63. The van der Waals surface area contributed by atoms with E-state index in [1.807, 2.05) is 6.07 Å². The van der Waals surface area contributed by atoms with E-state index in [0.29, 0.717) is 11.8 Å². The number of carbonyl (C=O) groups excluding carboxylic acids is 1. The third-order valence-electron chi connectivity index (χ3n) is 2.44. The summed E-state index contributed by atoms with van der Waals surface area (Å²) in [5, 5.41) is 5.86. The molecule has 0 bridgehead atoms. The zero-order chi connectivity index (χ0) is 13.4. The highest BCUT2D eigenvalue weighted by molar-refractivity contribution is 5.80. The SMILES string of the molecule is COc1ccc(NCC(=O)NCCC(C)C)cn1. The Hall–Kier alpha value is -1.78. The van der Waals surface area contributed by atoms with E-state index in [2.05, 4.69) is 29.5 Å². The smallest absolute Gasteiger partial charge is 0.239 e. The molecule has 1 aromatic heterocycles. The second kappa shape index (κ2) is 7.53. The number of nitrogens with zero attached hydrogens (tertiary/aromatic N) is 1. The lowest BCUT2D eigenvalue weighted by atomic mass is 10.1. The Balaban J connectivity index is 2.24. The zero-order valence-corrected chi connectivity index (χ0v) is 11.2. The first-order chi connectivity index (χ1) is 8.61. The molecule has 0 saturated heterocycles. The van der Waals surface area contributed by atoms with Crippen molar-refractivity contribution in [3.05, 3.63) is 18.3 Å². The largest absolute Gasteiger partial charge is 0.481 e. The molecule has 0 aromatic carbocycles. The van der Waals surface area contributed by atoms with Gasteiger partial charge in [-0.2, -0.15) is 0 Å². The van der Waals surface area contributed by atoms with Crippen LogP contribution in [0.2, 0.25) is 0 Å². The fourth-order valence-corrected chi connectivity index (χ4v) is 1.35. The maximum atomic E-state index is 11.5. The first kappa shape index (κ1) is 14.3. The highest BCUT2D eigenvalue weighted by atomic mass is 16.5. The molecule has 0 fully saturated rings. The van der Waals surface area contributed by atoms with Crippen LogP contribution in [-0.4, -0.2) is 31.1 Å². The molecule has 0 atom stereocenters. The summed E-state index contributed by atoms with van der Waals surface area (Å²) in [4.78, 5) is 15.5. The third kappa shape index (κ3) is 5.52. The van der Waals surface area contributed by atoms with Crippen molar-refractivity contribution in [3.63, 3.8) is 0 Å². The van der Waals surface area contributed by atoms with Gasteiger partial charge in [-0.25, -0.2) is 4.98 Å². The number of pyridine rings is 1. The molecule has 5 heteroatoms. The van der Waals surface area contributed by atoms with E-state index < -0.39 is 0 Å². The minimum Gasteiger partial charge on any atom is -0.481 e. The first-order valence-corrected chi connectivity index (χ1v) is 6.12. The maximum Gasteiger partial charge on any atom is 0.239 e. The Morgan fingerprint density at radius 3 is 2.78 bits per heavy atom. The van der Waals surface area contributed by atoms with Gasteiger partial charge in [0.1, 0.15) is 0 Å². The second-order valence-electron chi connectivity index (χ2n) is 4.48. The standard InChI is InChI=1S/C13H21N3O2/c1-10(2)6-7-14-12(17)9-15-11-4-5-13(18-3)16-8-11/h4-5,8,10,15H,6-7,9H2,1-3H3,(H,14,17). The van der Waals surface area contributed by atoms with E-state index in [0.717, 1.165) is 18.7 Å². The quantitative estimate of drug-likeness (QED) is 0.773. The molecule has 18 heavy (non-hydrogen) atoms. The van der Waals surface area contributed by atoms with Gasteiger partial charge in [-0.15, -0.1) is 0 Å². The number of hydrogen-bond donors (Lipinski definition) is 2. The third-order valence-corrected chi connectivity index (χ3v) is 2.44. The molecule has 2 N–H and O–H groups in total. The molecule has 0 radical (unpaired) electrons. The normalized spacial score (nSPS) is 10.2. The number of anilines is 1. The van der Waals surface area contributed by atoms with Crippen molar-refractivity contribution >= 4 is 11.6 Å². The summed E-state index contributed by atoms with van der Waals surface area (Å²) in [5.41, 5.74) is 0.801. The van der Waals surface area contributed by atoms with Gasteiger partial charge in [-0.05, 0) is 18.4 Å². The number of nitrogens with one attached hydrogen (secondary N) is 2. The molecular weight excluding hydrogens is 230 g/mol. The molecule has 5 nitrogen and oxygen atoms in total. The highest BCUT2D eigenvalue weighted by Crippen LogP contribution is 2.10. The average Bonchev–Trinajstić information content (AvgIpc) is 2.36. The van der Waals surface area contributed by atoms with Gasteiger partial charge in [0.15, 0.2) is 0 Å². The number of carbonyl (C=O) groups is 1. The van der Waals surface area contributed by atoms with Crippen LogP contribution in [0.5, 0.6) is 5.88 Å². The summed E-state index contributed by atoms with van der Waals surface area (Å²) in [7, 11) is 1.57. The Labute approximate surface area is 108 Å². The van der Waals surface area contributed by atoms with Crippen LogP contribution in [0.1, 0.15) is 20.3 Å². The molecule has 1 heterocycles. The Morgan fingerprint density at radius 1 is 1.44 bits per heavy atom. The van der Waals surface area contributed by atoms with Crippen molar-refractivity contribution in [2.45, 2.75) is 20.3 Å². The van der Waals surface area contributed by atoms with Crippen LogP contribution in [0.15, 0.2) is 18.3 Å². The van der Waals surface area contributed by atoms with Crippen LogP contribution in [-0.2, 0) is 4.79 Å². The lowest BCUT2D eigenvalue weighted by Gasteiger charge is -2.09. The predicted octanol–water partition coefficient (Wildman–Crippen LogP) is 1.66. The van der Waals surface area contributed by atoms with Crippen molar-refractivity contribution in [1.29, 1.82) is 0 Å². The molecule has 0 unspecified atom stereocenters. The number of aromatic nitrogens is 1. The fourth-order valence-electron chi connectivity index (χ4n) is 1.35. The number of rotatable bonds is 7. The van der Waals surface area contributed by atoms with Crippen LogP contribution in [0.4, 0.5) is 5.69 Å². The van der Waals surface area contributed by atoms with Gasteiger partial charge in [0, 0.05) is 12.6 Å². The maximum absolute atomic E-state index is 11.5. The van der Waals surface area contributed by atoms with Crippen LogP contribution < -0.4 is 15.4 Å². The Kier molecular flexibility index (Phi) is 5.97. The first-order valence-electron chi connectivity index (χ1n) is 6.12. The summed E-state index contributed by atoms with van der Waals surface area (Å²) in [6, 6.07) is 3.58. The lowest BCUT2D eigenvalue weighted by molar-refractivity contribution is -0.119. The molecule has 1 amide bonds. The number of methoxy groups -OCH3 is 1. The van der Waals surface area contributed by atoms with E-state index in [1.54, 1.807) is 19.4 Å². The van der Waals surface area contributed by atoms with Gasteiger partial charge < -0.3 is 15.4 Å². The van der Waals surface area contributed by atoms with Crippen LogP contribution in [0.25, 0.3) is 0 Å². The molecule has 0 aliphatic carbocycles. The van der Waals surface area contributed by atoms with Gasteiger partial charge in [0.25, 0.3) is 0 Å². The van der Waals surface area contributed by atoms with Crippen LogP contribution in [0, 0.1) is 5.92 Å². The summed E-state index contributed by atoms with van der Waals surface area (Å²) in [6.45, 7) is 5.24. The molecule has 100 valence electrons. The summed E-state index contributed by atoms with van der Waals surface area (Å²) < 4.78 is 4.95. The monoisotopic (exact) mass is 251 g/mol. The van der Waals surface area contributed by atoms with Crippen molar-refractivity contribution in [2.24, 2.45) is 5.92 Å². The zero-order valence-electron chi connectivity index (χ0n) is 11.2. The van der Waals surface area contributed by atoms with E-state index in [-0.39, 0.29) is 12.5 Å². The number of hydrogen-bond acceptors (Lipinski definition) is 4. The molecule has 1 rings (SSSR count). The van der Waals surface area contributed by atoms with Gasteiger partial charge in [-0.1, -0.05) is 13.8 Å². The van der Waals surface area contributed by atoms with Crippen molar-refractivity contribution in [2.75, 3.05) is 25.5 Å². The van der Waals surface area contributed by atoms with E-state index in [4.69, 9.17) is 4.74 Å². The van der Waals surface area contributed by atoms with Gasteiger partial charge >= 0.3 is 0 Å². The van der Waals surface area contributed by atoms with Crippen LogP contribution in [0.3, 0.4) is 0 Å². The summed E-state index contributed by atoms with van der Waals surface area (Å²) in [5.74, 6) is 1.15. The number of ether oxygens (including phenoxy) is 1. The van der Waals surface area contributed by atoms with Crippen LogP contribution >= 0.6 is 0 Å². The van der Waals surface area contributed by atoms with Crippen molar-refractivity contribution < 1.29 is 9.53 Å². The van der Waals surface area contributed by atoms with Gasteiger partial charge in [0.05, 0.1) is 25.5 Å². The Bertz CT molecular complexity index is 363. The van der Waals surface area contributed by atoms with E-state index in [1.165, 1.54) is 0 Å². The van der Waals surface area contributed by atoms with Crippen molar-refractivity contribution in [1.82, 2.24) is 10.3 Å². The van der Waals surface area contributed by atoms with E-state index >= 15 is 0 Å². The molecule has 0 aliphatic heterocycles. The minimum atomic E-state index is -0.00790. The molecule has 0 saturated carbocycles. The summed E-state index contributed by atoms with van der Waals surface area (Å²) >= 11 is 0. The van der Waals surface area contributed by atoms with E-state index in [9.17, 15) is 4.79 Å². The van der Waals surface area contributed by atoms with Gasteiger partial charge in [0.2, 0.25) is 11.8 Å². The highest BCUT2D eigenvalue weighted by Gasteiger charge is 2.02. The second-order valence-corrected chi connectivity index (χ2v) is 4.48. The minimum absolute atomic E-state index is 0.00790. The fraction of sp³-hybridized carbons (Fsp3) is 0.538. The molecule has 0 aliphatic rings. The molecular formula is C13H21N3O2. The topological polar surface area (TPSA) is 63.2 Å². The van der Waals surface area contributed by atoms with Crippen molar-refractivity contribution in [3.8, 4) is 5.88 Å². The Morgan fingerprint density at radius 2 is 2.22 bits per heavy atom. The molecule has 0 spiro atoms. The predicted molar refractivity (Wildman–Crippen MR) is 71.7 cm³/mol. The van der Waals surface area contributed by atoms with Gasteiger partial charge in [-0.3, -0.25) is 4.79 Å². The lowest BCUT2D eigenvalue weighted by Crippen LogP contribution is -2.31. The average molecular weight is 251 g/mol. The number of amides is 1. The molecule has 1 aromatic rings.